The minimum Gasteiger partial charge on any atom is -0.544 e. The Bertz CT molecular complexity index is 989. The molecule has 0 N–H and O–H groups in total. The lowest BCUT2D eigenvalue weighted by molar-refractivity contribution is -0.889. The fraction of sp³-hybridized carbons (Fsp3) is 0.857. The zero-order chi connectivity index (χ0) is 42.1. The third-order valence-corrected chi connectivity index (χ3v) is 10.9. The summed E-state index contributed by atoms with van der Waals surface area (Å²) < 4.78 is 17.2. The number of esters is 2. The first kappa shape index (κ1) is 54.8. The van der Waals surface area contributed by atoms with Gasteiger partial charge in [0.15, 0.2) is 6.10 Å². The maximum absolute atomic E-state index is 12.7. The Hall–Kier alpha value is -2.19. The molecule has 0 aliphatic rings. The molecule has 0 aromatic rings. The number of carbonyl (C=O) groups excluding carboxylic acids is 3. The highest BCUT2D eigenvalue weighted by molar-refractivity contribution is 5.70. The SMILES string of the molecule is CC/C=C/C/C=C/CCCCCCCCCCCCCCCCC(=O)OC(COCCC(C(=O)[O-])[N+](C)(C)C)COC(=O)CCCCCCCCCCCCCC. The average Bonchev–Trinajstić information content (AvgIpc) is 3.17. The number of aliphatic carboxylic acids is 1. The van der Waals surface area contributed by atoms with E-state index in [0.717, 1.165) is 51.4 Å². The molecule has 0 saturated heterocycles. The Morgan fingerprint density at radius 3 is 1.44 bits per heavy atom. The van der Waals surface area contributed by atoms with E-state index in [1.165, 1.54) is 135 Å². The molecule has 0 aromatic carbocycles. The van der Waals surface area contributed by atoms with Crippen molar-refractivity contribution in [3.63, 3.8) is 0 Å². The quantitative estimate of drug-likeness (QED) is 0.0262. The van der Waals surface area contributed by atoms with Gasteiger partial charge in [-0.15, -0.1) is 0 Å². The Morgan fingerprint density at radius 2 is 0.982 bits per heavy atom. The number of hydrogen-bond acceptors (Lipinski definition) is 7. The van der Waals surface area contributed by atoms with Gasteiger partial charge in [-0.05, 0) is 38.5 Å². The molecular weight excluding hydrogens is 715 g/mol. The molecule has 0 aromatic heterocycles. The molecule has 57 heavy (non-hydrogen) atoms. The monoisotopic (exact) mass is 806 g/mol. The standard InChI is InChI=1S/C49H91NO7/c1-6-8-10-12-14-16-18-20-21-22-23-24-25-26-27-28-30-32-34-36-38-40-48(52)57-45(43-55-42-41-46(49(53)54)50(3,4)5)44-56-47(51)39-37-35-33-31-29-19-17-15-13-11-9-7-2/h8,10,14,16,45-46H,6-7,9,11-13,15,17-44H2,1-5H3/b10-8+,16-14+. The zero-order valence-corrected chi connectivity index (χ0v) is 38.0. The van der Waals surface area contributed by atoms with Crippen LogP contribution in [0.2, 0.25) is 0 Å². The first-order valence-corrected chi connectivity index (χ1v) is 23.9. The number of allylic oxidation sites excluding steroid dienone is 4. The van der Waals surface area contributed by atoms with Gasteiger partial charge < -0.3 is 28.6 Å². The number of rotatable bonds is 43. The van der Waals surface area contributed by atoms with E-state index in [0.29, 0.717) is 12.8 Å². The van der Waals surface area contributed by atoms with Gasteiger partial charge in [-0.3, -0.25) is 9.59 Å². The molecule has 334 valence electrons. The lowest BCUT2D eigenvalue weighted by Crippen LogP contribution is -2.55. The number of nitrogens with zero attached hydrogens (tertiary/aromatic N) is 1. The summed E-state index contributed by atoms with van der Waals surface area (Å²) in [7, 11) is 5.42. The van der Waals surface area contributed by atoms with Crippen LogP contribution in [0, 0.1) is 0 Å². The van der Waals surface area contributed by atoms with E-state index < -0.39 is 18.1 Å². The molecular formula is C49H91NO7. The maximum Gasteiger partial charge on any atom is 0.306 e. The highest BCUT2D eigenvalue weighted by Crippen LogP contribution is 2.16. The smallest absolute Gasteiger partial charge is 0.306 e. The van der Waals surface area contributed by atoms with E-state index in [-0.39, 0.29) is 42.7 Å². The summed E-state index contributed by atoms with van der Waals surface area (Å²) in [5, 5.41) is 11.6. The number of hydrogen-bond donors (Lipinski definition) is 0. The van der Waals surface area contributed by atoms with Gasteiger partial charge in [-0.2, -0.15) is 0 Å². The predicted molar refractivity (Wildman–Crippen MR) is 236 cm³/mol. The summed E-state index contributed by atoms with van der Waals surface area (Å²) in [6.07, 6.45) is 44.9. The van der Waals surface area contributed by atoms with Crippen LogP contribution in [0.3, 0.4) is 0 Å². The highest BCUT2D eigenvalue weighted by Gasteiger charge is 2.25. The van der Waals surface area contributed by atoms with Gasteiger partial charge in [0, 0.05) is 19.3 Å². The van der Waals surface area contributed by atoms with Gasteiger partial charge in [-0.1, -0.05) is 186 Å². The van der Waals surface area contributed by atoms with E-state index in [4.69, 9.17) is 14.2 Å². The van der Waals surface area contributed by atoms with Gasteiger partial charge in [0.25, 0.3) is 0 Å². The molecule has 0 bridgehead atoms. The van der Waals surface area contributed by atoms with Crippen LogP contribution in [0.15, 0.2) is 24.3 Å². The minimum atomic E-state index is -1.12. The van der Waals surface area contributed by atoms with Crippen LogP contribution >= 0.6 is 0 Å². The molecule has 8 nitrogen and oxygen atoms in total. The van der Waals surface area contributed by atoms with Crippen LogP contribution < -0.4 is 5.11 Å². The summed E-state index contributed by atoms with van der Waals surface area (Å²) in [5.74, 6) is -1.72. The lowest BCUT2D eigenvalue weighted by Gasteiger charge is -2.34. The van der Waals surface area contributed by atoms with E-state index in [2.05, 4.69) is 38.2 Å². The van der Waals surface area contributed by atoms with Crippen molar-refractivity contribution >= 4 is 17.9 Å². The summed E-state index contributed by atoms with van der Waals surface area (Å²) in [5.41, 5.74) is 0. The highest BCUT2D eigenvalue weighted by atomic mass is 16.6. The van der Waals surface area contributed by atoms with E-state index in [9.17, 15) is 19.5 Å². The summed E-state index contributed by atoms with van der Waals surface area (Å²) in [6.45, 7) is 4.58. The minimum absolute atomic E-state index is 0.0456. The maximum atomic E-state index is 12.7. The average molecular weight is 806 g/mol. The summed E-state index contributed by atoms with van der Waals surface area (Å²) >= 11 is 0. The van der Waals surface area contributed by atoms with E-state index in [1.54, 1.807) is 21.1 Å². The third kappa shape index (κ3) is 39.1. The van der Waals surface area contributed by atoms with E-state index in [1.807, 2.05) is 0 Å². The molecule has 0 aliphatic heterocycles. The summed E-state index contributed by atoms with van der Waals surface area (Å²) in [6, 6.07) is -0.722. The molecule has 0 fully saturated rings. The molecule has 0 spiro atoms. The van der Waals surface area contributed by atoms with Gasteiger partial charge in [0.2, 0.25) is 0 Å². The van der Waals surface area contributed by atoms with Crippen molar-refractivity contribution in [2.45, 2.75) is 231 Å². The van der Waals surface area contributed by atoms with Crippen LogP contribution in [0.25, 0.3) is 0 Å². The summed E-state index contributed by atoms with van der Waals surface area (Å²) in [4.78, 5) is 36.9. The second-order valence-corrected chi connectivity index (χ2v) is 17.3. The van der Waals surface area contributed by atoms with Crippen LogP contribution in [-0.2, 0) is 28.6 Å². The molecule has 0 radical (unpaired) electrons. The molecule has 2 unspecified atom stereocenters. The molecule has 0 amide bonds. The first-order valence-electron chi connectivity index (χ1n) is 23.9. The van der Waals surface area contributed by atoms with Gasteiger partial charge in [0.05, 0.1) is 40.3 Å². The number of carboxylic acids is 1. The van der Waals surface area contributed by atoms with Gasteiger partial charge in [-0.25, -0.2) is 0 Å². The molecule has 0 rings (SSSR count). The fourth-order valence-corrected chi connectivity index (χ4v) is 7.17. The van der Waals surface area contributed by atoms with Crippen molar-refractivity contribution < 1.29 is 38.2 Å². The third-order valence-electron chi connectivity index (χ3n) is 10.9. The Morgan fingerprint density at radius 1 is 0.544 bits per heavy atom. The van der Waals surface area contributed by atoms with Crippen molar-refractivity contribution in [2.75, 3.05) is 41.0 Å². The second-order valence-electron chi connectivity index (χ2n) is 17.3. The van der Waals surface area contributed by atoms with Crippen LogP contribution in [0.5, 0.6) is 0 Å². The Balaban J connectivity index is 4.21. The number of carboxylic acid groups (broad SMARTS) is 1. The number of quaternary nitrogens is 1. The molecule has 0 saturated carbocycles. The van der Waals surface area contributed by atoms with Crippen molar-refractivity contribution in [2.24, 2.45) is 0 Å². The Kier molecular flexibility index (Phi) is 39.0. The van der Waals surface area contributed by atoms with Crippen molar-refractivity contribution in [1.29, 1.82) is 0 Å². The lowest BCUT2D eigenvalue weighted by atomic mass is 10.0. The van der Waals surface area contributed by atoms with E-state index >= 15 is 0 Å². The van der Waals surface area contributed by atoms with Crippen molar-refractivity contribution in [1.82, 2.24) is 0 Å². The fourth-order valence-electron chi connectivity index (χ4n) is 7.17. The van der Waals surface area contributed by atoms with Crippen molar-refractivity contribution in [3.8, 4) is 0 Å². The zero-order valence-electron chi connectivity index (χ0n) is 38.0. The molecule has 0 heterocycles. The Labute approximate surface area is 351 Å². The van der Waals surface area contributed by atoms with Crippen LogP contribution in [-0.4, -0.2) is 75.5 Å². The topological polar surface area (TPSA) is 102 Å². The largest absolute Gasteiger partial charge is 0.544 e. The normalized spacial score (nSPS) is 13.1. The van der Waals surface area contributed by atoms with Crippen molar-refractivity contribution in [3.05, 3.63) is 24.3 Å². The molecule has 2 atom stereocenters. The second kappa shape index (κ2) is 40.6. The number of ether oxygens (including phenoxy) is 3. The van der Waals surface area contributed by atoms with Crippen LogP contribution in [0.4, 0.5) is 0 Å². The number of unbranched alkanes of at least 4 members (excludes halogenated alkanes) is 25. The molecule has 0 aliphatic carbocycles. The number of likely N-dealkylation sites (N-methyl/N-ethyl adjacent to an activating group) is 1. The van der Waals surface area contributed by atoms with Gasteiger partial charge >= 0.3 is 11.9 Å². The van der Waals surface area contributed by atoms with Gasteiger partial charge in [0.1, 0.15) is 12.6 Å². The molecule has 8 heteroatoms. The van der Waals surface area contributed by atoms with Crippen LogP contribution in [0.1, 0.15) is 219 Å². The number of carbonyl (C=O) groups is 3. The predicted octanol–water partition coefficient (Wildman–Crippen LogP) is 11.9. The first-order chi connectivity index (χ1) is 27.6.